The number of hydrogen-bond acceptors (Lipinski definition) is 5. The molecule has 0 saturated carbocycles. The summed E-state index contributed by atoms with van der Waals surface area (Å²) in [4.78, 5) is 24.3. The quantitative estimate of drug-likeness (QED) is 0.446. The van der Waals surface area contributed by atoms with Crippen molar-refractivity contribution in [2.75, 3.05) is 20.8 Å². The predicted octanol–water partition coefficient (Wildman–Crippen LogP) is 5.41. The van der Waals surface area contributed by atoms with Gasteiger partial charge in [0, 0.05) is 5.92 Å². The van der Waals surface area contributed by atoms with E-state index in [0.717, 1.165) is 22.3 Å². The Morgan fingerprint density at radius 1 is 0.971 bits per heavy atom. The fourth-order valence-electron chi connectivity index (χ4n) is 4.37. The van der Waals surface area contributed by atoms with Crippen LogP contribution in [0.25, 0.3) is 11.1 Å². The molecular formula is C26H24ClNO6. The van der Waals surface area contributed by atoms with Gasteiger partial charge in [-0.25, -0.2) is 4.79 Å². The number of carboxylic acids is 1. The fraction of sp³-hybridized carbons (Fsp3) is 0.231. The van der Waals surface area contributed by atoms with E-state index >= 15 is 0 Å². The van der Waals surface area contributed by atoms with E-state index in [2.05, 4.69) is 17.4 Å². The molecule has 3 aromatic rings. The fourth-order valence-corrected chi connectivity index (χ4v) is 4.73. The molecule has 0 fully saturated rings. The molecule has 0 unspecified atom stereocenters. The minimum absolute atomic E-state index is 0.110. The van der Waals surface area contributed by atoms with E-state index in [-0.39, 0.29) is 29.7 Å². The number of hydrogen-bond donors (Lipinski definition) is 2. The highest BCUT2D eigenvalue weighted by Crippen LogP contribution is 2.44. The van der Waals surface area contributed by atoms with Crippen molar-refractivity contribution in [3.05, 3.63) is 82.4 Å². The number of methoxy groups -OCH3 is 2. The van der Waals surface area contributed by atoms with Gasteiger partial charge in [0.05, 0.1) is 31.7 Å². The maximum Gasteiger partial charge on any atom is 0.407 e. The second kappa shape index (κ2) is 10.1. The molecule has 3 aromatic carbocycles. The SMILES string of the molecule is COc1ccc([C@@H](CC(=O)O)NC(=O)OCC2c3ccccc3-c3ccccc32)c(Cl)c1OC. The summed E-state index contributed by atoms with van der Waals surface area (Å²) in [6, 6.07) is 18.3. The van der Waals surface area contributed by atoms with Crippen molar-refractivity contribution in [2.45, 2.75) is 18.4 Å². The van der Waals surface area contributed by atoms with Crippen LogP contribution in [-0.4, -0.2) is 38.0 Å². The molecule has 176 valence electrons. The molecular weight excluding hydrogens is 458 g/mol. The van der Waals surface area contributed by atoms with E-state index in [4.69, 9.17) is 25.8 Å². The lowest BCUT2D eigenvalue weighted by Gasteiger charge is -2.21. The highest BCUT2D eigenvalue weighted by molar-refractivity contribution is 6.33. The number of aliphatic carboxylic acids is 1. The zero-order chi connectivity index (χ0) is 24.2. The molecule has 2 N–H and O–H groups in total. The molecule has 0 aliphatic heterocycles. The van der Waals surface area contributed by atoms with Crippen LogP contribution in [0.1, 0.15) is 35.1 Å². The Hall–Kier alpha value is -3.71. The number of ether oxygens (including phenoxy) is 3. The molecule has 4 rings (SSSR count). The van der Waals surface area contributed by atoms with Gasteiger partial charge in [-0.1, -0.05) is 66.2 Å². The van der Waals surface area contributed by atoms with E-state index in [1.807, 2.05) is 36.4 Å². The molecule has 34 heavy (non-hydrogen) atoms. The highest BCUT2D eigenvalue weighted by Gasteiger charge is 2.30. The average molecular weight is 482 g/mol. The zero-order valence-electron chi connectivity index (χ0n) is 18.7. The Kier molecular flexibility index (Phi) is 6.93. The van der Waals surface area contributed by atoms with Crippen LogP contribution >= 0.6 is 11.6 Å². The smallest absolute Gasteiger partial charge is 0.407 e. The van der Waals surface area contributed by atoms with Crippen LogP contribution in [0.3, 0.4) is 0 Å². The van der Waals surface area contributed by atoms with Crippen molar-refractivity contribution in [3.63, 3.8) is 0 Å². The maximum absolute atomic E-state index is 12.8. The number of rotatable bonds is 8. The van der Waals surface area contributed by atoms with E-state index < -0.39 is 18.1 Å². The van der Waals surface area contributed by atoms with E-state index in [1.165, 1.54) is 14.2 Å². The lowest BCUT2D eigenvalue weighted by atomic mass is 9.98. The summed E-state index contributed by atoms with van der Waals surface area (Å²) in [5.74, 6) is -0.562. The average Bonchev–Trinajstić information content (AvgIpc) is 3.15. The summed E-state index contributed by atoms with van der Waals surface area (Å²) in [5.41, 5.74) is 4.79. The number of alkyl carbamates (subject to hydrolysis) is 1. The molecule has 1 atom stereocenters. The van der Waals surface area contributed by atoms with Crippen molar-refractivity contribution >= 4 is 23.7 Å². The third-order valence-corrected chi connectivity index (χ3v) is 6.29. The molecule has 0 bridgehead atoms. The maximum atomic E-state index is 12.8. The van der Waals surface area contributed by atoms with Crippen LogP contribution in [0, 0.1) is 0 Å². The number of carbonyl (C=O) groups is 2. The third kappa shape index (κ3) is 4.52. The number of fused-ring (bicyclic) bond motifs is 3. The first-order valence-electron chi connectivity index (χ1n) is 10.7. The summed E-state index contributed by atoms with van der Waals surface area (Å²) < 4.78 is 16.1. The standard InChI is InChI=1S/C26H24ClNO6/c1-32-22-12-11-19(24(27)25(22)33-2)21(13-23(29)30)28-26(31)34-14-20-17-9-5-3-7-15(17)16-8-4-6-10-18(16)20/h3-12,20-21H,13-14H2,1-2H3,(H,28,31)(H,29,30)/t21-/m1/s1. The molecule has 7 nitrogen and oxygen atoms in total. The number of benzene rings is 3. The largest absolute Gasteiger partial charge is 0.493 e. The van der Waals surface area contributed by atoms with Crippen LogP contribution in [0.4, 0.5) is 4.79 Å². The van der Waals surface area contributed by atoms with Gasteiger partial charge in [-0.15, -0.1) is 0 Å². The van der Waals surface area contributed by atoms with Gasteiger partial charge in [0.1, 0.15) is 6.61 Å². The van der Waals surface area contributed by atoms with Crippen molar-refractivity contribution < 1.29 is 28.9 Å². The molecule has 1 amide bonds. The van der Waals surface area contributed by atoms with Gasteiger partial charge in [-0.2, -0.15) is 0 Å². The Balaban J connectivity index is 1.53. The lowest BCUT2D eigenvalue weighted by molar-refractivity contribution is -0.137. The Morgan fingerprint density at radius 3 is 2.15 bits per heavy atom. The van der Waals surface area contributed by atoms with Gasteiger partial charge in [-0.05, 0) is 33.9 Å². The van der Waals surface area contributed by atoms with Crippen LogP contribution in [-0.2, 0) is 9.53 Å². The van der Waals surface area contributed by atoms with E-state index in [9.17, 15) is 14.7 Å². The second-order valence-corrected chi connectivity index (χ2v) is 8.20. The number of halogens is 1. The first-order chi connectivity index (χ1) is 16.4. The molecule has 0 saturated heterocycles. The molecule has 8 heteroatoms. The minimum atomic E-state index is -1.10. The number of carboxylic acid groups (broad SMARTS) is 1. The van der Waals surface area contributed by atoms with Gasteiger partial charge in [0.25, 0.3) is 0 Å². The third-order valence-electron chi connectivity index (χ3n) is 5.90. The van der Waals surface area contributed by atoms with Crippen molar-refractivity contribution in [1.82, 2.24) is 5.32 Å². The summed E-state index contributed by atoms with van der Waals surface area (Å²) >= 11 is 6.46. The van der Waals surface area contributed by atoms with Crippen LogP contribution in [0.2, 0.25) is 5.02 Å². The predicted molar refractivity (Wildman–Crippen MR) is 128 cm³/mol. The molecule has 1 aliphatic carbocycles. The molecule has 0 radical (unpaired) electrons. The van der Waals surface area contributed by atoms with Crippen LogP contribution in [0.5, 0.6) is 11.5 Å². The monoisotopic (exact) mass is 481 g/mol. The molecule has 1 aliphatic rings. The Labute approximate surface area is 202 Å². The topological polar surface area (TPSA) is 94.1 Å². The van der Waals surface area contributed by atoms with Crippen molar-refractivity contribution in [3.8, 4) is 22.6 Å². The summed E-state index contributed by atoms with van der Waals surface area (Å²) in [5, 5.41) is 12.2. The van der Waals surface area contributed by atoms with Crippen molar-refractivity contribution in [2.24, 2.45) is 0 Å². The number of nitrogens with one attached hydrogen (secondary N) is 1. The second-order valence-electron chi connectivity index (χ2n) is 7.82. The normalized spacial score (nSPS) is 12.9. The summed E-state index contributed by atoms with van der Waals surface area (Å²) in [7, 11) is 2.90. The summed E-state index contributed by atoms with van der Waals surface area (Å²) in [6.45, 7) is 0.110. The van der Waals surface area contributed by atoms with Gasteiger partial charge in [0.15, 0.2) is 11.5 Å². The zero-order valence-corrected chi connectivity index (χ0v) is 19.5. The van der Waals surface area contributed by atoms with Crippen molar-refractivity contribution in [1.29, 1.82) is 0 Å². The molecule has 0 aromatic heterocycles. The highest BCUT2D eigenvalue weighted by atomic mass is 35.5. The van der Waals surface area contributed by atoms with Gasteiger partial charge < -0.3 is 24.6 Å². The first-order valence-corrected chi connectivity index (χ1v) is 11.1. The molecule has 0 heterocycles. The Morgan fingerprint density at radius 2 is 1.59 bits per heavy atom. The van der Waals surface area contributed by atoms with E-state index in [0.29, 0.717) is 11.3 Å². The minimum Gasteiger partial charge on any atom is -0.493 e. The van der Waals surface area contributed by atoms with Gasteiger partial charge >= 0.3 is 12.1 Å². The van der Waals surface area contributed by atoms with Gasteiger partial charge in [-0.3, -0.25) is 4.79 Å². The van der Waals surface area contributed by atoms with E-state index in [1.54, 1.807) is 12.1 Å². The van der Waals surface area contributed by atoms with Crippen LogP contribution in [0.15, 0.2) is 60.7 Å². The van der Waals surface area contributed by atoms with Crippen LogP contribution < -0.4 is 14.8 Å². The Bertz CT molecular complexity index is 1180. The lowest BCUT2D eigenvalue weighted by Crippen LogP contribution is -2.32. The first kappa shape index (κ1) is 23.4. The molecule has 0 spiro atoms. The number of amides is 1. The van der Waals surface area contributed by atoms with Gasteiger partial charge in [0.2, 0.25) is 0 Å². The number of carbonyl (C=O) groups excluding carboxylic acids is 1. The summed E-state index contributed by atoms with van der Waals surface area (Å²) in [6.07, 6.45) is -1.13.